The van der Waals surface area contributed by atoms with E-state index in [-0.39, 0.29) is 12.0 Å². The molecule has 0 saturated heterocycles. The Labute approximate surface area is 147 Å². The van der Waals surface area contributed by atoms with Gasteiger partial charge in [0.25, 0.3) is 0 Å². The van der Waals surface area contributed by atoms with Crippen molar-refractivity contribution in [1.82, 2.24) is 24.8 Å². The first-order valence-corrected chi connectivity index (χ1v) is 8.57. The number of hydrogen-bond donors (Lipinski definition) is 0. The van der Waals surface area contributed by atoms with Gasteiger partial charge in [0, 0.05) is 30.6 Å². The molecule has 8 nitrogen and oxygen atoms in total. The van der Waals surface area contributed by atoms with E-state index in [1.54, 1.807) is 9.58 Å². The van der Waals surface area contributed by atoms with E-state index in [0.29, 0.717) is 37.8 Å². The molecule has 136 valence electrons. The highest BCUT2D eigenvalue weighted by atomic mass is 16.6. The van der Waals surface area contributed by atoms with Crippen molar-refractivity contribution >= 4 is 6.09 Å². The minimum absolute atomic E-state index is 0.203. The average Bonchev–Trinajstić information content (AvgIpc) is 3.11. The minimum Gasteiger partial charge on any atom is -0.444 e. The van der Waals surface area contributed by atoms with E-state index in [1.165, 1.54) is 0 Å². The van der Waals surface area contributed by atoms with Crippen LogP contribution in [-0.2, 0) is 24.2 Å². The first-order chi connectivity index (χ1) is 11.7. The highest BCUT2D eigenvalue weighted by molar-refractivity contribution is 5.68. The molecule has 0 aliphatic carbocycles. The van der Waals surface area contributed by atoms with Crippen molar-refractivity contribution in [3.05, 3.63) is 29.2 Å². The Morgan fingerprint density at radius 3 is 2.80 bits per heavy atom. The smallest absolute Gasteiger partial charge is 0.410 e. The Hall–Kier alpha value is -2.38. The van der Waals surface area contributed by atoms with Gasteiger partial charge in [0.15, 0.2) is 5.82 Å². The van der Waals surface area contributed by atoms with Crippen molar-refractivity contribution in [3.63, 3.8) is 0 Å². The molecule has 1 amide bonds. The summed E-state index contributed by atoms with van der Waals surface area (Å²) in [6, 6.07) is 0. The third-order valence-corrected chi connectivity index (χ3v) is 3.84. The van der Waals surface area contributed by atoms with E-state index < -0.39 is 5.60 Å². The molecular formula is C17H25N5O3. The number of rotatable bonds is 3. The van der Waals surface area contributed by atoms with Gasteiger partial charge < -0.3 is 14.2 Å². The largest absolute Gasteiger partial charge is 0.444 e. The molecule has 1 aliphatic heterocycles. The summed E-state index contributed by atoms with van der Waals surface area (Å²) in [6.45, 7) is 11.2. The predicted octanol–water partition coefficient (Wildman–Crippen LogP) is 2.73. The van der Waals surface area contributed by atoms with Crippen LogP contribution in [0.2, 0.25) is 0 Å². The lowest BCUT2D eigenvalue weighted by Crippen LogP contribution is -2.39. The third-order valence-electron chi connectivity index (χ3n) is 3.84. The van der Waals surface area contributed by atoms with Gasteiger partial charge in [-0.1, -0.05) is 19.0 Å². The van der Waals surface area contributed by atoms with Crippen molar-refractivity contribution in [2.45, 2.75) is 65.6 Å². The SMILES string of the molecule is CC(C)c1nc(Cn2cc3c(n2)CCN(C(=O)OC(C)(C)C)C3)no1. The second-order valence-electron chi connectivity index (χ2n) is 7.65. The highest BCUT2D eigenvalue weighted by Crippen LogP contribution is 2.20. The van der Waals surface area contributed by atoms with E-state index in [9.17, 15) is 4.79 Å². The van der Waals surface area contributed by atoms with Crippen molar-refractivity contribution in [3.8, 4) is 0 Å². The Kier molecular flexibility index (Phi) is 4.53. The molecule has 2 aromatic heterocycles. The maximum absolute atomic E-state index is 12.2. The number of carbonyl (C=O) groups is 1. The summed E-state index contributed by atoms with van der Waals surface area (Å²) in [5, 5.41) is 8.58. The van der Waals surface area contributed by atoms with Gasteiger partial charge in [0.1, 0.15) is 12.1 Å². The van der Waals surface area contributed by atoms with Crippen LogP contribution in [0.15, 0.2) is 10.7 Å². The Morgan fingerprint density at radius 2 is 2.16 bits per heavy atom. The van der Waals surface area contributed by atoms with Crippen LogP contribution in [0.3, 0.4) is 0 Å². The third kappa shape index (κ3) is 4.18. The molecule has 2 aromatic rings. The topological polar surface area (TPSA) is 86.3 Å². The van der Waals surface area contributed by atoms with Gasteiger partial charge in [0.05, 0.1) is 12.2 Å². The fraction of sp³-hybridized carbons (Fsp3) is 0.647. The normalized spacial score (nSPS) is 14.7. The summed E-state index contributed by atoms with van der Waals surface area (Å²) in [5.74, 6) is 1.44. The molecule has 0 aromatic carbocycles. The van der Waals surface area contributed by atoms with E-state index >= 15 is 0 Å². The van der Waals surface area contributed by atoms with Gasteiger partial charge in [-0.3, -0.25) is 4.68 Å². The number of fused-ring (bicyclic) bond motifs is 1. The van der Waals surface area contributed by atoms with Crippen LogP contribution < -0.4 is 0 Å². The number of carbonyl (C=O) groups excluding carboxylic acids is 1. The highest BCUT2D eigenvalue weighted by Gasteiger charge is 2.27. The Morgan fingerprint density at radius 1 is 1.40 bits per heavy atom. The lowest BCUT2D eigenvalue weighted by Gasteiger charge is -2.29. The molecular weight excluding hydrogens is 322 g/mol. The van der Waals surface area contributed by atoms with Gasteiger partial charge in [-0.15, -0.1) is 0 Å². The van der Waals surface area contributed by atoms with Crippen LogP contribution in [-0.4, -0.2) is 43.1 Å². The van der Waals surface area contributed by atoms with E-state index in [1.807, 2.05) is 40.8 Å². The molecule has 8 heteroatoms. The van der Waals surface area contributed by atoms with Crippen LogP contribution in [0, 0.1) is 0 Å². The second kappa shape index (κ2) is 6.50. The summed E-state index contributed by atoms with van der Waals surface area (Å²) in [4.78, 5) is 18.3. The van der Waals surface area contributed by atoms with Gasteiger partial charge in [-0.2, -0.15) is 10.1 Å². The zero-order chi connectivity index (χ0) is 18.2. The van der Waals surface area contributed by atoms with Crippen molar-refractivity contribution in [1.29, 1.82) is 0 Å². The Balaban J connectivity index is 1.67. The van der Waals surface area contributed by atoms with Crippen LogP contribution in [0.25, 0.3) is 0 Å². The zero-order valence-corrected chi connectivity index (χ0v) is 15.4. The van der Waals surface area contributed by atoms with E-state index in [4.69, 9.17) is 9.26 Å². The fourth-order valence-electron chi connectivity index (χ4n) is 2.65. The molecule has 0 saturated carbocycles. The van der Waals surface area contributed by atoms with Crippen molar-refractivity contribution < 1.29 is 14.1 Å². The summed E-state index contributed by atoms with van der Waals surface area (Å²) < 4.78 is 12.5. The lowest BCUT2D eigenvalue weighted by atomic mass is 10.1. The zero-order valence-electron chi connectivity index (χ0n) is 15.4. The van der Waals surface area contributed by atoms with Crippen LogP contribution in [0.1, 0.15) is 63.5 Å². The molecule has 3 heterocycles. The predicted molar refractivity (Wildman–Crippen MR) is 90.1 cm³/mol. The van der Waals surface area contributed by atoms with Gasteiger partial charge in [-0.05, 0) is 20.8 Å². The number of hydrogen-bond acceptors (Lipinski definition) is 6. The van der Waals surface area contributed by atoms with Crippen molar-refractivity contribution in [2.75, 3.05) is 6.54 Å². The first kappa shape index (κ1) is 17.4. The maximum atomic E-state index is 12.2. The van der Waals surface area contributed by atoms with Gasteiger partial charge >= 0.3 is 6.09 Å². The molecule has 0 atom stereocenters. The molecule has 0 spiro atoms. The van der Waals surface area contributed by atoms with Gasteiger partial charge in [-0.25, -0.2) is 4.79 Å². The first-order valence-electron chi connectivity index (χ1n) is 8.57. The van der Waals surface area contributed by atoms with Crippen LogP contribution in [0.4, 0.5) is 4.79 Å². The summed E-state index contributed by atoms with van der Waals surface area (Å²) >= 11 is 0. The quantitative estimate of drug-likeness (QED) is 0.848. The summed E-state index contributed by atoms with van der Waals surface area (Å²) in [5.41, 5.74) is 1.55. The fourth-order valence-corrected chi connectivity index (χ4v) is 2.65. The average molecular weight is 347 g/mol. The molecule has 3 rings (SSSR count). The molecule has 0 N–H and O–H groups in total. The maximum Gasteiger partial charge on any atom is 0.410 e. The molecule has 0 bridgehead atoms. The standard InChI is InChI=1S/C17H25N5O3/c1-11(2)15-18-14(20-25-15)10-22-9-12-8-21(7-6-13(12)19-22)16(23)24-17(3,4)5/h9,11H,6-8,10H2,1-5H3. The van der Waals surface area contributed by atoms with Crippen LogP contribution >= 0.6 is 0 Å². The monoisotopic (exact) mass is 347 g/mol. The van der Waals surface area contributed by atoms with Crippen molar-refractivity contribution in [2.24, 2.45) is 0 Å². The second-order valence-corrected chi connectivity index (χ2v) is 7.65. The molecule has 0 unspecified atom stereocenters. The Bertz CT molecular complexity index is 757. The van der Waals surface area contributed by atoms with E-state index in [2.05, 4.69) is 15.2 Å². The lowest BCUT2D eigenvalue weighted by molar-refractivity contribution is 0.0223. The molecule has 25 heavy (non-hydrogen) atoms. The van der Waals surface area contributed by atoms with Crippen LogP contribution in [0.5, 0.6) is 0 Å². The number of nitrogens with zero attached hydrogens (tertiary/aromatic N) is 5. The van der Waals surface area contributed by atoms with Gasteiger partial charge in [0.2, 0.25) is 5.89 Å². The molecule has 0 radical (unpaired) electrons. The number of aromatic nitrogens is 4. The molecule has 0 fully saturated rings. The molecule has 1 aliphatic rings. The van der Waals surface area contributed by atoms with E-state index in [0.717, 1.165) is 11.3 Å². The number of amides is 1. The summed E-state index contributed by atoms with van der Waals surface area (Å²) in [6.07, 6.45) is 2.37. The summed E-state index contributed by atoms with van der Waals surface area (Å²) in [7, 11) is 0. The minimum atomic E-state index is -0.492. The number of ether oxygens (including phenoxy) is 1.